The van der Waals surface area contributed by atoms with Crippen LogP contribution in [-0.4, -0.2) is 12.5 Å². The smallest absolute Gasteiger partial charge is 0.220 e. The molecule has 0 bridgehead atoms. The second-order valence-corrected chi connectivity index (χ2v) is 4.72. The van der Waals surface area contributed by atoms with Crippen molar-refractivity contribution in [2.75, 3.05) is 6.54 Å². The lowest BCUT2D eigenvalue weighted by Gasteiger charge is -2.15. The summed E-state index contributed by atoms with van der Waals surface area (Å²) in [6, 6.07) is 6.06. The van der Waals surface area contributed by atoms with Gasteiger partial charge in [0.15, 0.2) is 0 Å². The minimum atomic E-state index is -0.269. The zero-order valence-corrected chi connectivity index (χ0v) is 10.9. The number of benzene rings is 1. The molecule has 0 heterocycles. The zero-order valence-electron chi connectivity index (χ0n) is 10.9. The monoisotopic (exact) mass is 252 g/mol. The molecule has 4 heteroatoms. The Morgan fingerprint density at radius 2 is 1.94 bits per heavy atom. The molecule has 0 spiro atoms. The van der Waals surface area contributed by atoms with Gasteiger partial charge in [0.1, 0.15) is 5.82 Å². The minimum Gasteiger partial charge on any atom is -0.350 e. The van der Waals surface area contributed by atoms with E-state index in [4.69, 9.17) is 5.73 Å². The fourth-order valence-electron chi connectivity index (χ4n) is 1.64. The number of rotatable bonds is 6. The summed E-state index contributed by atoms with van der Waals surface area (Å²) in [4.78, 5) is 11.7. The standard InChI is InChI=1S/C14H21FN2O/c1-10(9-16)3-8-14(18)17-11(2)12-4-6-13(15)7-5-12/h4-7,10-11H,3,8-9,16H2,1-2H3,(H,17,18). The van der Waals surface area contributed by atoms with Gasteiger partial charge in [0.25, 0.3) is 0 Å². The molecule has 3 N–H and O–H groups in total. The molecule has 0 fully saturated rings. The van der Waals surface area contributed by atoms with Crippen molar-refractivity contribution in [3.05, 3.63) is 35.6 Å². The Morgan fingerprint density at radius 3 is 2.50 bits per heavy atom. The summed E-state index contributed by atoms with van der Waals surface area (Å²) in [7, 11) is 0. The highest BCUT2D eigenvalue weighted by Gasteiger charge is 2.10. The number of nitrogens with one attached hydrogen (secondary N) is 1. The molecule has 1 rings (SSSR count). The lowest BCUT2D eigenvalue weighted by atomic mass is 10.0. The molecule has 1 aromatic rings. The van der Waals surface area contributed by atoms with Gasteiger partial charge >= 0.3 is 0 Å². The van der Waals surface area contributed by atoms with Gasteiger partial charge in [0.05, 0.1) is 6.04 Å². The van der Waals surface area contributed by atoms with Crippen LogP contribution in [0.15, 0.2) is 24.3 Å². The van der Waals surface area contributed by atoms with Crippen LogP contribution in [0.3, 0.4) is 0 Å². The zero-order chi connectivity index (χ0) is 13.5. The average molecular weight is 252 g/mol. The Kier molecular flexibility index (Phi) is 5.78. The highest BCUT2D eigenvalue weighted by atomic mass is 19.1. The Bertz CT molecular complexity index is 378. The maximum atomic E-state index is 12.8. The molecule has 1 amide bonds. The van der Waals surface area contributed by atoms with Crippen LogP contribution in [0, 0.1) is 11.7 Å². The summed E-state index contributed by atoms with van der Waals surface area (Å²) in [5.74, 6) is 0.0954. The first-order valence-electron chi connectivity index (χ1n) is 6.27. The van der Waals surface area contributed by atoms with Gasteiger partial charge in [-0.3, -0.25) is 4.79 Å². The van der Waals surface area contributed by atoms with Crippen LogP contribution < -0.4 is 11.1 Å². The summed E-state index contributed by atoms with van der Waals surface area (Å²) in [5.41, 5.74) is 6.40. The van der Waals surface area contributed by atoms with E-state index >= 15 is 0 Å². The molecule has 0 saturated carbocycles. The van der Waals surface area contributed by atoms with E-state index in [-0.39, 0.29) is 17.8 Å². The molecule has 0 aliphatic heterocycles. The molecule has 100 valence electrons. The normalized spacial score (nSPS) is 14.0. The fourth-order valence-corrected chi connectivity index (χ4v) is 1.64. The van der Waals surface area contributed by atoms with Gasteiger partial charge in [-0.25, -0.2) is 4.39 Å². The second-order valence-electron chi connectivity index (χ2n) is 4.72. The SMILES string of the molecule is CC(CN)CCC(=O)NC(C)c1ccc(F)cc1. The maximum absolute atomic E-state index is 12.8. The van der Waals surface area contributed by atoms with Gasteiger partial charge in [0, 0.05) is 6.42 Å². The quantitative estimate of drug-likeness (QED) is 0.816. The number of carbonyl (C=O) groups is 1. The van der Waals surface area contributed by atoms with E-state index in [0.717, 1.165) is 12.0 Å². The number of nitrogens with two attached hydrogens (primary N) is 1. The lowest BCUT2D eigenvalue weighted by molar-refractivity contribution is -0.122. The Morgan fingerprint density at radius 1 is 1.33 bits per heavy atom. The molecule has 18 heavy (non-hydrogen) atoms. The van der Waals surface area contributed by atoms with E-state index in [0.29, 0.717) is 18.9 Å². The van der Waals surface area contributed by atoms with E-state index in [1.807, 2.05) is 13.8 Å². The number of halogens is 1. The van der Waals surface area contributed by atoms with Crippen LogP contribution >= 0.6 is 0 Å². The van der Waals surface area contributed by atoms with Gasteiger partial charge in [-0.2, -0.15) is 0 Å². The Hall–Kier alpha value is -1.42. The minimum absolute atomic E-state index is 0.00660. The number of carbonyl (C=O) groups excluding carboxylic acids is 1. The van der Waals surface area contributed by atoms with Gasteiger partial charge in [0.2, 0.25) is 5.91 Å². The number of hydrogen-bond donors (Lipinski definition) is 2. The van der Waals surface area contributed by atoms with Crippen molar-refractivity contribution >= 4 is 5.91 Å². The lowest BCUT2D eigenvalue weighted by Crippen LogP contribution is -2.27. The number of amides is 1. The van der Waals surface area contributed by atoms with Crippen molar-refractivity contribution in [1.82, 2.24) is 5.32 Å². The van der Waals surface area contributed by atoms with Gasteiger partial charge in [-0.05, 0) is 43.5 Å². The molecule has 0 aliphatic rings. The van der Waals surface area contributed by atoms with Crippen LogP contribution in [0.25, 0.3) is 0 Å². The van der Waals surface area contributed by atoms with Crippen molar-refractivity contribution in [1.29, 1.82) is 0 Å². The first kappa shape index (κ1) is 14.6. The summed E-state index contributed by atoms with van der Waals surface area (Å²) in [6.45, 7) is 4.51. The third-order valence-electron chi connectivity index (χ3n) is 3.01. The molecule has 0 saturated heterocycles. The van der Waals surface area contributed by atoms with Crippen LogP contribution in [0.2, 0.25) is 0 Å². The highest BCUT2D eigenvalue weighted by molar-refractivity contribution is 5.76. The summed E-state index contributed by atoms with van der Waals surface area (Å²) in [5, 5.41) is 2.89. The molecule has 2 unspecified atom stereocenters. The van der Waals surface area contributed by atoms with E-state index in [9.17, 15) is 9.18 Å². The first-order chi connectivity index (χ1) is 8.52. The van der Waals surface area contributed by atoms with Crippen molar-refractivity contribution in [2.24, 2.45) is 11.7 Å². The van der Waals surface area contributed by atoms with E-state index in [1.54, 1.807) is 12.1 Å². The molecule has 2 atom stereocenters. The molecule has 3 nitrogen and oxygen atoms in total. The molecule has 0 radical (unpaired) electrons. The maximum Gasteiger partial charge on any atom is 0.220 e. The van der Waals surface area contributed by atoms with Crippen molar-refractivity contribution in [3.8, 4) is 0 Å². The van der Waals surface area contributed by atoms with E-state index in [1.165, 1.54) is 12.1 Å². The largest absolute Gasteiger partial charge is 0.350 e. The predicted octanol–water partition coefficient (Wildman–Crippen LogP) is 2.38. The number of hydrogen-bond acceptors (Lipinski definition) is 2. The van der Waals surface area contributed by atoms with Crippen molar-refractivity contribution in [2.45, 2.75) is 32.7 Å². The summed E-state index contributed by atoms with van der Waals surface area (Å²) >= 11 is 0. The van der Waals surface area contributed by atoms with Crippen LogP contribution in [0.1, 0.15) is 38.3 Å². The molecular formula is C14H21FN2O. The van der Waals surface area contributed by atoms with E-state index in [2.05, 4.69) is 5.32 Å². The first-order valence-corrected chi connectivity index (χ1v) is 6.27. The Labute approximate surface area is 108 Å². The third kappa shape index (κ3) is 4.84. The summed E-state index contributed by atoms with van der Waals surface area (Å²) < 4.78 is 12.8. The second kappa shape index (κ2) is 7.11. The fraction of sp³-hybridized carbons (Fsp3) is 0.500. The van der Waals surface area contributed by atoms with Crippen LogP contribution in [0.4, 0.5) is 4.39 Å². The van der Waals surface area contributed by atoms with Gasteiger partial charge in [-0.1, -0.05) is 19.1 Å². The average Bonchev–Trinajstić information content (AvgIpc) is 2.36. The highest BCUT2D eigenvalue weighted by Crippen LogP contribution is 2.13. The van der Waals surface area contributed by atoms with Gasteiger partial charge < -0.3 is 11.1 Å². The summed E-state index contributed by atoms with van der Waals surface area (Å²) in [6.07, 6.45) is 1.27. The topological polar surface area (TPSA) is 55.1 Å². The molecular weight excluding hydrogens is 231 g/mol. The van der Waals surface area contributed by atoms with Crippen molar-refractivity contribution in [3.63, 3.8) is 0 Å². The third-order valence-corrected chi connectivity index (χ3v) is 3.01. The van der Waals surface area contributed by atoms with Gasteiger partial charge in [-0.15, -0.1) is 0 Å². The molecule has 1 aromatic carbocycles. The van der Waals surface area contributed by atoms with Crippen LogP contribution in [0.5, 0.6) is 0 Å². The van der Waals surface area contributed by atoms with Crippen LogP contribution in [-0.2, 0) is 4.79 Å². The molecule has 0 aliphatic carbocycles. The van der Waals surface area contributed by atoms with Crippen molar-refractivity contribution < 1.29 is 9.18 Å². The predicted molar refractivity (Wildman–Crippen MR) is 70.4 cm³/mol. The Balaban J connectivity index is 2.42. The van der Waals surface area contributed by atoms with E-state index < -0.39 is 0 Å². The molecule has 0 aromatic heterocycles.